The van der Waals surface area contributed by atoms with Crippen molar-refractivity contribution in [1.29, 1.82) is 0 Å². The van der Waals surface area contributed by atoms with E-state index in [1.54, 1.807) is 26.8 Å². The fraction of sp³-hybridized carbons (Fsp3) is 0.526. The van der Waals surface area contributed by atoms with Gasteiger partial charge in [0.2, 0.25) is 23.6 Å². The van der Waals surface area contributed by atoms with E-state index in [0.29, 0.717) is 56.7 Å². The Morgan fingerprint density at radius 1 is 1.22 bits per heavy atom. The number of furan rings is 1. The fourth-order valence-corrected chi connectivity index (χ4v) is 4.05. The van der Waals surface area contributed by atoms with E-state index in [-0.39, 0.29) is 24.2 Å². The van der Waals surface area contributed by atoms with Crippen LogP contribution >= 0.6 is 0 Å². The molecule has 0 saturated carbocycles. The van der Waals surface area contributed by atoms with Crippen molar-refractivity contribution in [3.05, 3.63) is 18.4 Å². The van der Waals surface area contributed by atoms with Crippen LogP contribution in [0.3, 0.4) is 0 Å². The molecule has 5 rings (SSSR count). The van der Waals surface area contributed by atoms with Crippen LogP contribution in [-0.2, 0) is 4.79 Å². The molecule has 2 saturated heterocycles. The molecule has 3 aromatic heterocycles. The minimum absolute atomic E-state index is 0.0565. The van der Waals surface area contributed by atoms with E-state index in [0.717, 1.165) is 6.92 Å². The van der Waals surface area contributed by atoms with Crippen molar-refractivity contribution in [2.24, 2.45) is 0 Å². The summed E-state index contributed by atoms with van der Waals surface area (Å²) >= 11 is 0. The molecule has 1 atom stereocenters. The third-order valence-electron chi connectivity index (χ3n) is 5.71. The zero-order valence-corrected chi connectivity index (χ0v) is 17.5. The van der Waals surface area contributed by atoms with Crippen molar-refractivity contribution in [2.75, 3.05) is 49.9 Å². The number of rotatable bonds is 5. The lowest BCUT2D eigenvalue weighted by atomic mass is 10.0. The van der Waals surface area contributed by atoms with E-state index in [4.69, 9.17) is 10.2 Å². The molecule has 5 heterocycles. The summed E-state index contributed by atoms with van der Waals surface area (Å²) in [5, 5.41) is 4.27. The molecule has 0 spiro atoms. The van der Waals surface area contributed by atoms with Gasteiger partial charge in [0.05, 0.1) is 12.8 Å². The Labute approximate surface area is 181 Å². The van der Waals surface area contributed by atoms with E-state index in [9.17, 15) is 13.6 Å². The summed E-state index contributed by atoms with van der Waals surface area (Å²) in [6.45, 7) is 2.89. The summed E-state index contributed by atoms with van der Waals surface area (Å²) in [5.74, 6) is -1.33. The number of fused-ring (bicyclic) bond motifs is 1. The Hall–Kier alpha value is -3.35. The molecule has 2 N–H and O–H groups in total. The Morgan fingerprint density at radius 3 is 2.62 bits per heavy atom. The number of nitrogen functional groups attached to an aromatic ring is 1. The molecule has 2 aliphatic rings. The van der Waals surface area contributed by atoms with E-state index >= 15 is 0 Å². The second kappa shape index (κ2) is 7.65. The van der Waals surface area contributed by atoms with E-state index in [1.165, 1.54) is 10.8 Å². The first-order valence-electron chi connectivity index (χ1n) is 10.4. The minimum Gasteiger partial charge on any atom is -0.461 e. The molecule has 32 heavy (non-hydrogen) atoms. The quantitative estimate of drug-likeness (QED) is 0.603. The Bertz CT molecular complexity index is 1120. The van der Waals surface area contributed by atoms with Crippen molar-refractivity contribution in [3.8, 4) is 11.6 Å². The molecule has 2 fully saturated rings. The van der Waals surface area contributed by atoms with Crippen LogP contribution in [0.5, 0.6) is 0 Å². The summed E-state index contributed by atoms with van der Waals surface area (Å²) in [5.41, 5.74) is 6.06. The van der Waals surface area contributed by atoms with Crippen molar-refractivity contribution in [3.63, 3.8) is 0 Å². The average Bonchev–Trinajstić information content (AvgIpc) is 3.36. The minimum atomic E-state index is -2.74. The lowest BCUT2D eigenvalue weighted by Crippen LogP contribution is -2.61. The normalized spacial score (nSPS) is 20.0. The molecular weight excluding hydrogens is 424 g/mol. The summed E-state index contributed by atoms with van der Waals surface area (Å²) in [6.07, 6.45) is 2.18. The predicted molar refractivity (Wildman–Crippen MR) is 110 cm³/mol. The zero-order valence-electron chi connectivity index (χ0n) is 17.5. The number of hydrogen-bond acceptors (Lipinski definition) is 9. The zero-order chi connectivity index (χ0) is 22.5. The Morgan fingerprint density at radius 2 is 2.00 bits per heavy atom. The van der Waals surface area contributed by atoms with Crippen molar-refractivity contribution >= 4 is 23.6 Å². The first-order chi connectivity index (χ1) is 15.3. The highest BCUT2D eigenvalue weighted by molar-refractivity contribution is 5.86. The van der Waals surface area contributed by atoms with Crippen molar-refractivity contribution in [2.45, 2.75) is 25.3 Å². The van der Waals surface area contributed by atoms with Crippen LogP contribution in [0.4, 0.5) is 20.7 Å². The summed E-state index contributed by atoms with van der Waals surface area (Å²) in [4.78, 5) is 31.3. The number of amides is 1. The molecule has 0 aliphatic carbocycles. The van der Waals surface area contributed by atoms with Crippen LogP contribution < -0.4 is 10.6 Å². The van der Waals surface area contributed by atoms with Crippen molar-refractivity contribution in [1.82, 2.24) is 34.4 Å². The van der Waals surface area contributed by atoms with Crippen LogP contribution in [0.2, 0.25) is 0 Å². The highest BCUT2D eigenvalue weighted by Crippen LogP contribution is 2.27. The number of nitrogens with zero attached hydrogens (tertiary/aromatic N) is 8. The highest BCUT2D eigenvalue weighted by atomic mass is 19.3. The number of alkyl halides is 2. The van der Waals surface area contributed by atoms with Gasteiger partial charge in [-0.05, 0) is 18.6 Å². The largest absolute Gasteiger partial charge is 0.461 e. The fourth-order valence-electron chi connectivity index (χ4n) is 4.05. The van der Waals surface area contributed by atoms with Crippen LogP contribution in [0.25, 0.3) is 17.4 Å². The maximum atomic E-state index is 13.2. The number of halogens is 2. The lowest BCUT2D eigenvalue weighted by molar-refractivity contribution is -0.136. The average molecular weight is 447 g/mol. The number of carbonyl (C=O) groups excluding carboxylic acids is 1. The Balaban J connectivity index is 1.29. The van der Waals surface area contributed by atoms with Gasteiger partial charge in [0.15, 0.2) is 5.76 Å². The molecule has 2 aliphatic heterocycles. The van der Waals surface area contributed by atoms with Crippen LogP contribution in [0, 0.1) is 0 Å². The van der Waals surface area contributed by atoms with E-state index < -0.39 is 12.0 Å². The molecular formula is C19H23F2N9O2. The second-order valence-corrected chi connectivity index (χ2v) is 8.18. The van der Waals surface area contributed by atoms with Gasteiger partial charge in [-0.15, -0.1) is 5.10 Å². The third-order valence-corrected chi connectivity index (χ3v) is 5.71. The maximum absolute atomic E-state index is 13.2. The van der Waals surface area contributed by atoms with Gasteiger partial charge in [-0.1, -0.05) is 0 Å². The van der Waals surface area contributed by atoms with Gasteiger partial charge in [-0.25, -0.2) is 8.78 Å². The molecule has 1 amide bonds. The number of nitrogens with two attached hydrogens (primary N) is 1. The molecule has 170 valence electrons. The lowest BCUT2D eigenvalue weighted by Gasteiger charge is -2.44. The summed E-state index contributed by atoms with van der Waals surface area (Å²) in [6, 6.07) is 3.04. The van der Waals surface area contributed by atoms with E-state index in [2.05, 4.69) is 20.1 Å². The standard InChI is InChI=1S/C19H23F2N9O2/c1-19(20,21)11-27-6-8-28(9-7-27)15(31)12-4-5-29(12)17-24-16(22)30-18(25-17)23-14(26-30)13-3-2-10-32-13/h2-3,10,12H,4-9,11H2,1H3,(H2,22,23,24,25,26)/t12-/m0/s1. The van der Waals surface area contributed by atoms with Gasteiger partial charge in [0.25, 0.3) is 11.7 Å². The second-order valence-electron chi connectivity index (χ2n) is 8.18. The van der Waals surface area contributed by atoms with Gasteiger partial charge in [-0.3, -0.25) is 9.69 Å². The number of hydrogen-bond donors (Lipinski definition) is 1. The summed E-state index contributed by atoms with van der Waals surface area (Å²) < 4.78 is 33.1. The molecule has 0 radical (unpaired) electrons. The molecule has 13 heteroatoms. The van der Waals surface area contributed by atoms with Crippen LogP contribution in [0.15, 0.2) is 22.8 Å². The molecule has 0 unspecified atom stereocenters. The van der Waals surface area contributed by atoms with Gasteiger partial charge in [0.1, 0.15) is 6.04 Å². The monoisotopic (exact) mass is 447 g/mol. The van der Waals surface area contributed by atoms with Crippen LogP contribution in [-0.4, -0.2) is 91.5 Å². The Kier molecular flexibility index (Phi) is 4.92. The van der Waals surface area contributed by atoms with Crippen LogP contribution in [0.1, 0.15) is 13.3 Å². The van der Waals surface area contributed by atoms with Crippen molar-refractivity contribution < 1.29 is 18.0 Å². The molecule has 0 aromatic carbocycles. The smallest absolute Gasteiger partial charge is 0.259 e. The SMILES string of the molecule is CC(F)(F)CN1CCN(C(=O)[C@@H]2CCN2c2nc(N)n3nc(-c4ccco4)nc3n2)CC1. The summed E-state index contributed by atoms with van der Waals surface area (Å²) in [7, 11) is 0. The number of anilines is 2. The van der Waals surface area contributed by atoms with Gasteiger partial charge < -0.3 is 20.0 Å². The number of aromatic nitrogens is 5. The topological polar surface area (TPSA) is 122 Å². The predicted octanol–water partition coefficient (Wildman–Crippen LogP) is 0.740. The van der Waals surface area contributed by atoms with E-state index in [1.807, 2.05) is 0 Å². The third kappa shape index (κ3) is 3.83. The highest BCUT2D eigenvalue weighted by Gasteiger charge is 2.40. The number of carbonyl (C=O) groups is 1. The first-order valence-corrected chi connectivity index (χ1v) is 10.4. The van der Waals surface area contributed by atoms with Gasteiger partial charge >= 0.3 is 0 Å². The molecule has 0 bridgehead atoms. The van der Waals surface area contributed by atoms with Gasteiger partial charge in [0, 0.05) is 39.6 Å². The molecule has 11 nitrogen and oxygen atoms in total. The maximum Gasteiger partial charge on any atom is 0.259 e. The number of piperazine rings is 1. The van der Waals surface area contributed by atoms with Gasteiger partial charge in [-0.2, -0.15) is 19.5 Å². The molecule has 3 aromatic rings. The first kappa shape index (κ1) is 20.5.